The molecule has 24 heavy (non-hydrogen) atoms. The molecule has 1 saturated heterocycles. The normalized spacial score (nSPS) is 16.0. The quantitative estimate of drug-likeness (QED) is 0.696. The maximum atomic E-state index is 9.30. The molecule has 2 aliphatic rings. The van der Waals surface area contributed by atoms with Crippen LogP contribution in [0, 0.1) is 0 Å². The second kappa shape index (κ2) is 13.1. The highest BCUT2D eigenvalue weighted by Crippen LogP contribution is 2.16. The van der Waals surface area contributed by atoms with E-state index in [-0.39, 0.29) is 0 Å². The highest BCUT2D eigenvalue weighted by Gasteiger charge is 2.16. The summed E-state index contributed by atoms with van der Waals surface area (Å²) in [5.74, 6) is 1.07. The van der Waals surface area contributed by atoms with E-state index in [0.29, 0.717) is 5.76 Å². The zero-order valence-corrected chi connectivity index (χ0v) is 15.3. The predicted octanol–water partition coefficient (Wildman–Crippen LogP) is 5.45. The Hall–Kier alpha value is -2.42. The van der Waals surface area contributed by atoms with Crippen molar-refractivity contribution >= 4 is 0 Å². The maximum absolute atomic E-state index is 9.30. The summed E-state index contributed by atoms with van der Waals surface area (Å²) in [5, 5.41) is 9.30. The molecule has 3 nitrogen and oxygen atoms in total. The predicted molar refractivity (Wildman–Crippen MR) is 105 cm³/mol. The molecule has 0 aromatic carbocycles. The van der Waals surface area contributed by atoms with Crippen LogP contribution in [0.1, 0.15) is 27.2 Å². The van der Waals surface area contributed by atoms with Crippen LogP contribution in [0.2, 0.25) is 0 Å². The third kappa shape index (κ3) is 9.57. The molecule has 0 radical (unpaired) electrons. The fourth-order valence-electron chi connectivity index (χ4n) is 1.89. The van der Waals surface area contributed by atoms with Crippen LogP contribution in [0.3, 0.4) is 0 Å². The van der Waals surface area contributed by atoms with Crippen molar-refractivity contribution in [3.05, 3.63) is 85.1 Å². The van der Waals surface area contributed by atoms with Crippen molar-refractivity contribution in [3.8, 4) is 0 Å². The van der Waals surface area contributed by atoms with E-state index in [9.17, 15) is 5.11 Å². The van der Waals surface area contributed by atoms with E-state index in [1.807, 2.05) is 39.0 Å². The first kappa shape index (κ1) is 21.6. The minimum Gasteiger partial charge on any atom is -0.508 e. The van der Waals surface area contributed by atoms with E-state index in [1.165, 1.54) is 5.57 Å². The fourth-order valence-corrected chi connectivity index (χ4v) is 1.89. The van der Waals surface area contributed by atoms with Gasteiger partial charge in [-0.15, -0.1) is 0 Å². The van der Waals surface area contributed by atoms with E-state index in [4.69, 9.17) is 4.74 Å². The molecular weight excluding hydrogens is 298 g/mol. The van der Waals surface area contributed by atoms with Crippen molar-refractivity contribution in [2.45, 2.75) is 27.2 Å². The molecule has 1 heterocycles. The van der Waals surface area contributed by atoms with Gasteiger partial charge in [-0.2, -0.15) is 0 Å². The standard InChI is InChI=1S/C12H15NO2.C7H10.C2H6/c1-10-13(7-8-15-10)9-11-3-2-4-12(14)6-5-11;1-4-5-6-7(2)3;1-2/h3-6,14H,1-2,7-9H2;4-6H,1-2H2,3H3;1-2H3/b;6-5-;. The number of ether oxygens (including phenoxy) is 1. The lowest BCUT2D eigenvalue weighted by Gasteiger charge is -2.16. The van der Waals surface area contributed by atoms with Gasteiger partial charge in [-0.3, -0.25) is 0 Å². The van der Waals surface area contributed by atoms with Crippen LogP contribution in [0.4, 0.5) is 0 Å². The lowest BCUT2D eigenvalue weighted by atomic mass is 10.2. The topological polar surface area (TPSA) is 32.7 Å². The number of hydrogen-bond donors (Lipinski definition) is 1. The van der Waals surface area contributed by atoms with Crippen LogP contribution in [0.25, 0.3) is 0 Å². The van der Waals surface area contributed by atoms with Crippen LogP contribution < -0.4 is 0 Å². The Labute approximate surface area is 147 Å². The summed E-state index contributed by atoms with van der Waals surface area (Å²) in [7, 11) is 0. The van der Waals surface area contributed by atoms with Gasteiger partial charge < -0.3 is 14.7 Å². The van der Waals surface area contributed by atoms with Gasteiger partial charge >= 0.3 is 0 Å². The Balaban J connectivity index is 0.000000501. The van der Waals surface area contributed by atoms with Crippen LogP contribution in [-0.4, -0.2) is 29.7 Å². The molecule has 0 atom stereocenters. The number of allylic oxidation sites excluding steroid dienone is 7. The summed E-state index contributed by atoms with van der Waals surface area (Å²) in [4.78, 5) is 2.10. The molecule has 1 fully saturated rings. The number of aliphatic hydroxyl groups is 1. The first-order valence-electron chi connectivity index (χ1n) is 8.30. The summed E-state index contributed by atoms with van der Waals surface area (Å²) in [6.07, 6.45) is 13.8. The summed E-state index contributed by atoms with van der Waals surface area (Å²) in [6.45, 7) is 19.4. The highest BCUT2D eigenvalue weighted by atomic mass is 16.5. The van der Waals surface area contributed by atoms with Crippen LogP contribution >= 0.6 is 0 Å². The van der Waals surface area contributed by atoms with E-state index in [2.05, 4.69) is 30.7 Å². The lowest BCUT2D eigenvalue weighted by Crippen LogP contribution is -2.20. The summed E-state index contributed by atoms with van der Waals surface area (Å²) < 4.78 is 5.28. The van der Waals surface area contributed by atoms with Crippen molar-refractivity contribution in [2.24, 2.45) is 0 Å². The van der Waals surface area contributed by atoms with Crippen molar-refractivity contribution in [1.29, 1.82) is 0 Å². The molecule has 0 saturated carbocycles. The Bertz CT molecular complexity index is 536. The van der Waals surface area contributed by atoms with Crippen molar-refractivity contribution in [3.63, 3.8) is 0 Å². The maximum Gasteiger partial charge on any atom is 0.182 e. The molecule has 1 aliphatic heterocycles. The van der Waals surface area contributed by atoms with Gasteiger partial charge in [0.05, 0.1) is 6.54 Å². The number of rotatable bonds is 4. The third-order valence-electron chi connectivity index (χ3n) is 3.05. The van der Waals surface area contributed by atoms with Gasteiger partial charge in [0.2, 0.25) is 0 Å². The van der Waals surface area contributed by atoms with Gasteiger partial charge in [-0.1, -0.05) is 63.0 Å². The average molecular weight is 329 g/mol. The second-order valence-electron chi connectivity index (χ2n) is 5.08. The lowest BCUT2D eigenvalue weighted by molar-refractivity contribution is 0.241. The van der Waals surface area contributed by atoms with Crippen LogP contribution in [-0.2, 0) is 4.74 Å². The minimum atomic E-state index is 0.331. The van der Waals surface area contributed by atoms with E-state index in [1.54, 1.807) is 18.2 Å². The van der Waals surface area contributed by atoms with Crippen LogP contribution in [0.15, 0.2) is 85.1 Å². The Kier molecular flexibility index (Phi) is 11.7. The molecule has 0 bridgehead atoms. The molecule has 0 spiro atoms. The molecule has 0 unspecified atom stereocenters. The van der Waals surface area contributed by atoms with Gasteiger partial charge in [0.25, 0.3) is 0 Å². The number of nitrogens with zero attached hydrogens (tertiary/aromatic N) is 1. The molecule has 0 amide bonds. The third-order valence-corrected chi connectivity index (χ3v) is 3.05. The second-order valence-corrected chi connectivity index (χ2v) is 5.08. The molecule has 3 heteroatoms. The van der Waals surface area contributed by atoms with Crippen molar-refractivity contribution in [1.82, 2.24) is 4.90 Å². The molecule has 0 aromatic heterocycles. The monoisotopic (exact) mass is 329 g/mol. The molecule has 2 rings (SSSR count). The van der Waals surface area contributed by atoms with Gasteiger partial charge in [0, 0.05) is 6.54 Å². The van der Waals surface area contributed by atoms with E-state index < -0.39 is 0 Å². The molecule has 1 aliphatic carbocycles. The number of hydrogen-bond acceptors (Lipinski definition) is 3. The van der Waals surface area contributed by atoms with Crippen molar-refractivity contribution < 1.29 is 9.84 Å². The molecule has 0 aromatic rings. The fraction of sp³-hybridized carbons (Fsp3) is 0.333. The minimum absolute atomic E-state index is 0.331. The molecule has 132 valence electrons. The first-order chi connectivity index (χ1) is 11.5. The van der Waals surface area contributed by atoms with Gasteiger partial charge in [0.15, 0.2) is 5.88 Å². The number of aliphatic hydroxyl groups excluding tert-OH is 1. The largest absolute Gasteiger partial charge is 0.508 e. The van der Waals surface area contributed by atoms with Gasteiger partial charge in [-0.05, 0) is 37.6 Å². The first-order valence-corrected chi connectivity index (χ1v) is 8.30. The van der Waals surface area contributed by atoms with Gasteiger partial charge in [-0.25, -0.2) is 0 Å². The Morgan fingerprint density at radius 3 is 2.54 bits per heavy atom. The van der Waals surface area contributed by atoms with Crippen LogP contribution in [0.5, 0.6) is 0 Å². The summed E-state index contributed by atoms with van der Waals surface area (Å²) in [5.41, 5.74) is 2.24. The van der Waals surface area contributed by atoms with E-state index in [0.717, 1.165) is 37.6 Å². The van der Waals surface area contributed by atoms with Crippen molar-refractivity contribution in [2.75, 3.05) is 19.7 Å². The Morgan fingerprint density at radius 1 is 1.33 bits per heavy atom. The SMILES string of the molecule is C=C/C=C\C(=C)C.C=C1OCCN1CC1=CCC=C(O)C=C1.CC. The highest BCUT2D eigenvalue weighted by molar-refractivity contribution is 5.30. The summed E-state index contributed by atoms with van der Waals surface area (Å²) in [6, 6.07) is 0. The van der Waals surface area contributed by atoms with Gasteiger partial charge in [0.1, 0.15) is 12.4 Å². The molecule has 1 N–H and O–H groups in total. The average Bonchev–Trinajstić information content (AvgIpc) is 2.85. The van der Waals surface area contributed by atoms with E-state index >= 15 is 0 Å². The zero-order valence-electron chi connectivity index (χ0n) is 15.3. The smallest absolute Gasteiger partial charge is 0.182 e. The Morgan fingerprint density at radius 2 is 2.04 bits per heavy atom. The molecular formula is C21H31NO2. The zero-order chi connectivity index (χ0) is 18.4. The summed E-state index contributed by atoms with van der Waals surface area (Å²) >= 11 is 0.